The number of nitrogens with zero attached hydrogens (tertiary/aromatic N) is 4. The number of rotatable bonds is 3. The fourth-order valence-electron chi connectivity index (χ4n) is 2.49. The first-order chi connectivity index (χ1) is 8.48. The van der Waals surface area contributed by atoms with Crippen LogP contribution in [0.1, 0.15) is 19.8 Å². The Morgan fingerprint density at radius 3 is 2.74 bits per heavy atom. The van der Waals surface area contributed by atoms with Crippen LogP contribution < -0.4 is 5.73 Å². The van der Waals surface area contributed by atoms with Crippen LogP contribution in [-0.2, 0) is 17.1 Å². The lowest BCUT2D eigenvalue weighted by atomic mass is 9.93. The molecule has 2 rings (SSSR count). The minimum absolute atomic E-state index is 0. The summed E-state index contributed by atoms with van der Waals surface area (Å²) >= 11 is 0. The largest absolute Gasteiger partial charge is 0.329 e. The van der Waals surface area contributed by atoms with E-state index in [1.54, 1.807) is 7.05 Å². The molecule has 0 saturated carbocycles. The Morgan fingerprint density at radius 1 is 1.53 bits per heavy atom. The average molecular weight is 310 g/mol. The highest BCUT2D eigenvalue weighted by Crippen LogP contribution is 2.27. The summed E-state index contributed by atoms with van der Waals surface area (Å²) in [6.07, 6.45) is 3.15. The maximum atomic E-state index is 12.6. The van der Waals surface area contributed by atoms with E-state index in [0.717, 1.165) is 12.8 Å². The zero-order valence-corrected chi connectivity index (χ0v) is 12.7. The molecule has 2 N–H and O–H groups in total. The SMILES string of the molecule is CC1CCCN(S(=O)(=O)c2cnnn2C)C1CN.Cl. The fraction of sp³-hybridized carbons (Fsp3) is 0.800. The van der Waals surface area contributed by atoms with Gasteiger partial charge in [-0.05, 0) is 18.8 Å². The molecule has 0 aliphatic carbocycles. The lowest BCUT2D eigenvalue weighted by Crippen LogP contribution is -2.51. The highest BCUT2D eigenvalue weighted by Gasteiger charge is 2.37. The number of sulfonamides is 1. The standard InChI is InChI=1S/C10H19N5O2S.ClH/c1-8-4-3-5-15(9(8)6-11)18(16,17)10-7-12-13-14(10)2;/h7-9H,3-6,11H2,1-2H3;1H. The van der Waals surface area contributed by atoms with Gasteiger partial charge in [0.2, 0.25) is 0 Å². The van der Waals surface area contributed by atoms with Gasteiger partial charge in [0.05, 0.1) is 6.20 Å². The predicted molar refractivity (Wildman–Crippen MR) is 73.4 cm³/mol. The molecule has 2 atom stereocenters. The Morgan fingerprint density at radius 2 is 2.21 bits per heavy atom. The van der Waals surface area contributed by atoms with Crippen molar-refractivity contribution >= 4 is 22.4 Å². The van der Waals surface area contributed by atoms with Crippen molar-refractivity contribution in [2.75, 3.05) is 13.1 Å². The van der Waals surface area contributed by atoms with Crippen LogP contribution in [0, 0.1) is 5.92 Å². The van der Waals surface area contributed by atoms with Crippen molar-refractivity contribution in [3.8, 4) is 0 Å². The molecule has 19 heavy (non-hydrogen) atoms. The second kappa shape index (κ2) is 6.17. The van der Waals surface area contributed by atoms with Gasteiger partial charge in [-0.1, -0.05) is 12.1 Å². The molecule has 1 aromatic rings. The first-order valence-electron chi connectivity index (χ1n) is 6.05. The van der Waals surface area contributed by atoms with Crippen molar-refractivity contribution < 1.29 is 8.42 Å². The van der Waals surface area contributed by atoms with Crippen molar-refractivity contribution in [3.05, 3.63) is 6.20 Å². The molecule has 0 aromatic carbocycles. The number of aromatic nitrogens is 3. The summed E-state index contributed by atoms with van der Waals surface area (Å²) in [5, 5.41) is 7.43. The van der Waals surface area contributed by atoms with E-state index in [0.29, 0.717) is 13.1 Å². The lowest BCUT2D eigenvalue weighted by molar-refractivity contribution is 0.191. The van der Waals surface area contributed by atoms with Gasteiger partial charge in [0.1, 0.15) is 0 Å². The van der Waals surface area contributed by atoms with Crippen molar-refractivity contribution in [1.82, 2.24) is 19.3 Å². The van der Waals surface area contributed by atoms with Gasteiger partial charge in [0.15, 0.2) is 5.03 Å². The average Bonchev–Trinajstić information content (AvgIpc) is 2.75. The topological polar surface area (TPSA) is 94.1 Å². The summed E-state index contributed by atoms with van der Waals surface area (Å²) < 4.78 is 27.9. The first kappa shape index (κ1) is 16.4. The summed E-state index contributed by atoms with van der Waals surface area (Å²) in [7, 11) is -1.98. The smallest absolute Gasteiger partial charge is 0.262 e. The molecule has 1 aromatic heterocycles. The van der Waals surface area contributed by atoms with Crippen molar-refractivity contribution in [2.45, 2.75) is 30.8 Å². The molecule has 110 valence electrons. The van der Waals surface area contributed by atoms with Gasteiger partial charge in [-0.2, -0.15) is 4.31 Å². The van der Waals surface area contributed by atoms with Crippen LogP contribution >= 0.6 is 12.4 Å². The highest BCUT2D eigenvalue weighted by atomic mass is 35.5. The Kier molecular flexibility index (Phi) is 5.31. The zero-order chi connectivity index (χ0) is 13.3. The third kappa shape index (κ3) is 2.91. The van der Waals surface area contributed by atoms with Gasteiger partial charge >= 0.3 is 0 Å². The predicted octanol–water partition coefficient (Wildman–Crippen LogP) is -0.0152. The van der Waals surface area contributed by atoms with Crippen molar-refractivity contribution in [3.63, 3.8) is 0 Å². The van der Waals surface area contributed by atoms with Crippen molar-refractivity contribution in [1.29, 1.82) is 0 Å². The molecule has 7 nitrogen and oxygen atoms in total. The van der Waals surface area contributed by atoms with Gasteiger partial charge in [-0.15, -0.1) is 17.5 Å². The number of hydrogen-bond donors (Lipinski definition) is 1. The van der Waals surface area contributed by atoms with Crippen LogP contribution in [0.15, 0.2) is 11.2 Å². The van der Waals surface area contributed by atoms with Gasteiger partial charge in [-0.3, -0.25) is 0 Å². The van der Waals surface area contributed by atoms with E-state index < -0.39 is 10.0 Å². The van der Waals surface area contributed by atoms with Gasteiger partial charge in [0, 0.05) is 26.2 Å². The quantitative estimate of drug-likeness (QED) is 0.847. The molecule has 2 unspecified atom stereocenters. The number of aryl methyl sites for hydroxylation is 1. The van der Waals surface area contributed by atoms with Gasteiger partial charge < -0.3 is 5.73 Å². The second-order valence-corrected chi connectivity index (χ2v) is 6.57. The molecule has 0 radical (unpaired) electrons. The molecule has 0 amide bonds. The van der Waals surface area contributed by atoms with Crippen LogP contribution in [0.2, 0.25) is 0 Å². The van der Waals surface area contributed by atoms with Gasteiger partial charge in [-0.25, -0.2) is 13.1 Å². The Bertz CT molecular complexity index is 518. The first-order valence-corrected chi connectivity index (χ1v) is 7.49. The van der Waals surface area contributed by atoms with Crippen LogP contribution in [0.25, 0.3) is 0 Å². The van der Waals surface area contributed by atoms with Gasteiger partial charge in [0.25, 0.3) is 10.0 Å². The number of nitrogens with two attached hydrogens (primary N) is 1. The van der Waals surface area contributed by atoms with Crippen LogP contribution in [0.5, 0.6) is 0 Å². The molecule has 1 fully saturated rings. The summed E-state index contributed by atoms with van der Waals surface area (Å²) in [4.78, 5) is 0. The van der Waals surface area contributed by atoms with Crippen molar-refractivity contribution in [2.24, 2.45) is 18.7 Å². The van der Waals surface area contributed by atoms with E-state index in [9.17, 15) is 8.42 Å². The molecular formula is C10H20ClN5O2S. The summed E-state index contributed by atoms with van der Waals surface area (Å²) in [5.41, 5.74) is 5.73. The molecule has 9 heteroatoms. The lowest BCUT2D eigenvalue weighted by Gasteiger charge is -2.37. The van der Waals surface area contributed by atoms with E-state index in [4.69, 9.17) is 5.73 Å². The number of hydrogen-bond acceptors (Lipinski definition) is 5. The van der Waals surface area contributed by atoms with Crippen LogP contribution in [0.4, 0.5) is 0 Å². The maximum Gasteiger partial charge on any atom is 0.262 e. The zero-order valence-electron chi connectivity index (χ0n) is 11.1. The van der Waals surface area contributed by atoms with E-state index in [1.165, 1.54) is 15.2 Å². The molecule has 1 aliphatic rings. The van der Waals surface area contributed by atoms with Crippen LogP contribution in [0.3, 0.4) is 0 Å². The Hall–Kier alpha value is -0.700. The van der Waals surface area contributed by atoms with E-state index >= 15 is 0 Å². The summed E-state index contributed by atoms with van der Waals surface area (Å²) in [6, 6.07) is -0.140. The van der Waals surface area contributed by atoms with E-state index in [-0.39, 0.29) is 29.4 Å². The van der Waals surface area contributed by atoms with E-state index in [2.05, 4.69) is 10.3 Å². The normalized spacial score (nSPS) is 25.0. The molecule has 0 bridgehead atoms. The summed E-state index contributed by atoms with van der Waals surface area (Å²) in [6.45, 7) is 2.89. The molecule has 0 spiro atoms. The maximum absolute atomic E-state index is 12.6. The molecule has 1 aliphatic heterocycles. The fourth-order valence-corrected chi connectivity index (χ4v) is 4.30. The second-order valence-electron chi connectivity index (χ2n) is 4.73. The minimum Gasteiger partial charge on any atom is -0.329 e. The highest BCUT2D eigenvalue weighted by molar-refractivity contribution is 7.89. The minimum atomic E-state index is -3.55. The third-order valence-corrected chi connectivity index (χ3v) is 5.52. The Balaban J connectivity index is 0.00000180. The van der Waals surface area contributed by atoms with E-state index in [1.807, 2.05) is 6.92 Å². The molecule has 2 heterocycles. The summed E-state index contributed by atoms with van der Waals surface area (Å²) in [5.74, 6) is 0.278. The monoisotopic (exact) mass is 309 g/mol. The number of halogens is 1. The molecular weight excluding hydrogens is 290 g/mol. The Labute approximate surface area is 119 Å². The molecule has 1 saturated heterocycles. The third-order valence-electron chi connectivity index (χ3n) is 3.55. The van der Waals surface area contributed by atoms with Crippen LogP contribution in [-0.4, -0.2) is 46.8 Å². The number of piperidine rings is 1.